The summed E-state index contributed by atoms with van der Waals surface area (Å²) in [6.07, 6.45) is 1.48. The van der Waals surface area contributed by atoms with Crippen LogP contribution in [-0.2, 0) is 14.3 Å². The lowest BCUT2D eigenvalue weighted by Gasteiger charge is -2.13. The molecule has 1 aliphatic heterocycles. The maximum absolute atomic E-state index is 12.6. The summed E-state index contributed by atoms with van der Waals surface area (Å²) in [6.45, 7) is 1.32. The van der Waals surface area contributed by atoms with Gasteiger partial charge in [-0.1, -0.05) is 23.7 Å². The summed E-state index contributed by atoms with van der Waals surface area (Å²) in [7, 11) is 1.39. The third-order valence-electron chi connectivity index (χ3n) is 4.30. The van der Waals surface area contributed by atoms with E-state index in [1.54, 1.807) is 37.3 Å². The van der Waals surface area contributed by atoms with E-state index >= 15 is 0 Å². The van der Waals surface area contributed by atoms with Gasteiger partial charge in [-0.25, -0.2) is 4.79 Å². The highest BCUT2D eigenvalue weighted by atomic mass is 79.9. The first kappa shape index (κ1) is 24.8. The van der Waals surface area contributed by atoms with Crippen LogP contribution in [0.3, 0.4) is 0 Å². The third kappa shape index (κ3) is 5.76. The summed E-state index contributed by atoms with van der Waals surface area (Å²) in [5.74, 6) is -1.62. The fraction of sp³-hybridized carbons (Fsp3) is 0.182. The van der Waals surface area contributed by atoms with Gasteiger partial charge >= 0.3 is 11.9 Å². The zero-order valence-electron chi connectivity index (χ0n) is 17.4. The minimum absolute atomic E-state index is 0.120. The predicted molar refractivity (Wildman–Crippen MR) is 126 cm³/mol. The summed E-state index contributed by atoms with van der Waals surface area (Å²) in [6, 6.07) is 9.59. The van der Waals surface area contributed by atoms with Gasteiger partial charge in [-0.3, -0.25) is 19.3 Å². The van der Waals surface area contributed by atoms with Crippen LogP contribution in [0.25, 0.3) is 6.08 Å². The number of carbonyl (C=O) groups is 4. The molecular weight excluding hydrogens is 538 g/mol. The van der Waals surface area contributed by atoms with E-state index in [1.807, 2.05) is 0 Å². The number of nitrogens with zero attached hydrogens (tertiary/aromatic N) is 1. The van der Waals surface area contributed by atoms with Gasteiger partial charge in [-0.15, -0.1) is 0 Å². The van der Waals surface area contributed by atoms with Crippen molar-refractivity contribution in [2.45, 2.75) is 6.92 Å². The van der Waals surface area contributed by atoms with E-state index < -0.39 is 29.6 Å². The Balaban J connectivity index is 1.85. The smallest absolute Gasteiger partial charge is 0.345 e. The first-order valence-electron chi connectivity index (χ1n) is 9.50. The Kier molecular flexibility index (Phi) is 8.17. The van der Waals surface area contributed by atoms with Crippen molar-refractivity contribution in [3.05, 3.63) is 61.9 Å². The molecule has 1 heterocycles. The molecule has 0 aromatic heterocycles. The Labute approximate surface area is 206 Å². The number of amides is 2. The van der Waals surface area contributed by atoms with E-state index in [9.17, 15) is 19.2 Å². The molecule has 8 nitrogen and oxygen atoms in total. The van der Waals surface area contributed by atoms with Crippen LogP contribution < -0.4 is 9.47 Å². The first-order chi connectivity index (χ1) is 15.7. The van der Waals surface area contributed by atoms with Crippen molar-refractivity contribution in [2.75, 3.05) is 20.3 Å². The zero-order valence-corrected chi connectivity index (χ0v) is 20.6. The molecule has 33 heavy (non-hydrogen) atoms. The molecule has 3 rings (SSSR count). The first-order valence-corrected chi connectivity index (χ1v) is 11.5. The second-order valence-corrected chi connectivity index (χ2v) is 8.73. The van der Waals surface area contributed by atoms with Gasteiger partial charge in [0.2, 0.25) is 0 Å². The second-order valence-electron chi connectivity index (χ2n) is 6.48. The minimum Gasteiger partial charge on any atom is -0.493 e. The molecule has 0 saturated carbocycles. The number of esters is 2. The van der Waals surface area contributed by atoms with Gasteiger partial charge < -0.3 is 14.2 Å². The van der Waals surface area contributed by atoms with Crippen molar-refractivity contribution in [3.8, 4) is 11.5 Å². The molecule has 2 aromatic rings. The SMILES string of the molecule is CCOC(=O)CN1C(=O)S/C(=C\c2cc(Br)c(OC(=O)c3ccccc3Cl)c(OC)c2)C1=O. The van der Waals surface area contributed by atoms with Crippen molar-refractivity contribution in [3.63, 3.8) is 0 Å². The van der Waals surface area contributed by atoms with Crippen molar-refractivity contribution < 1.29 is 33.4 Å². The highest BCUT2D eigenvalue weighted by Gasteiger charge is 2.36. The van der Waals surface area contributed by atoms with E-state index in [0.29, 0.717) is 21.8 Å². The predicted octanol–water partition coefficient (Wildman–Crippen LogP) is 4.93. The molecule has 1 fully saturated rings. The number of halogens is 2. The van der Waals surface area contributed by atoms with E-state index in [1.165, 1.54) is 19.3 Å². The monoisotopic (exact) mass is 553 g/mol. The van der Waals surface area contributed by atoms with Crippen molar-refractivity contribution in [1.29, 1.82) is 0 Å². The van der Waals surface area contributed by atoms with Gasteiger partial charge in [-0.05, 0) is 70.5 Å². The molecule has 2 aromatic carbocycles. The van der Waals surface area contributed by atoms with Gasteiger partial charge in [0.25, 0.3) is 11.1 Å². The molecular formula is C22H17BrClNO7S. The number of hydrogen-bond donors (Lipinski definition) is 0. The fourth-order valence-electron chi connectivity index (χ4n) is 2.82. The minimum atomic E-state index is -0.674. The number of methoxy groups -OCH3 is 1. The van der Waals surface area contributed by atoms with E-state index in [-0.39, 0.29) is 33.6 Å². The lowest BCUT2D eigenvalue weighted by molar-refractivity contribution is -0.145. The van der Waals surface area contributed by atoms with Gasteiger partial charge in [-0.2, -0.15) is 0 Å². The average molecular weight is 555 g/mol. The van der Waals surface area contributed by atoms with Crippen LogP contribution in [0, 0.1) is 0 Å². The van der Waals surface area contributed by atoms with Gasteiger partial charge in [0, 0.05) is 0 Å². The standard InChI is InChI=1S/C22H17BrClNO7S/c1-3-31-18(26)11-25-20(27)17(33-22(25)29)10-12-8-14(23)19(16(9-12)30-2)32-21(28)13-6-4-5-7-15(13)24/h4-10H,3,11H2,1-2H3/b17-10-. The van der Waals surface area contributed by atoms with Crippen LogP contribution in [0.15, 0.2) is 45.8 Å². The summed E-state index contributed by atoms with van der Waals surface area (Å²) >= 11 is 10.1. The molecule has 0 atom stereocenters. The van der Waals surface area contributed by atoms with Gasteiger partial charge in [0.05, 0.1) is 33.7 Å². The van der Waals surface area contributed by atoms with Gasteiger partial charge in [0.1, 0.15) is 6.54 Å². The molecule has 11 heteroatoms. The Morgan fingerprint density at radius 2 is 1.94 bits per heavy atom. The van der Waals surface area contributed by atoms with E-state index in [0.717, 1.165) is 4.90 Å². The van der Waals surface area contributed by atoms with Crippen LogP contribution in [0.2, 0.25) is 5.02 Å². The number of ether oxygens (including phenoxy) is 3. The molecule has 0 unspecified atom stereocenters. The Bertz CT molecular complexity index is 1170. The molecule has 172 valence electrons. The number of benzene rings is 2. The Morgan fingerprint density at radius 3 is 2.61 bits per heavy atom. The second kappa shape index (κ2) is 10.9. The lowest BCUT2D eigenvalue weighted by atomic mass is 10.1. The average Bonchev–Trinajstić information content (AvgIpc) is 3.03. The molecule has 0 radical (unpaired) electrons. The highest BCUT2D eigenvalue weighted by Crippen LogP contribution is 2.39. The summed E-state index contributed by atoms with van der Waals surface area (Å²) < 4.78 is 16.0. The van der Waals surface area contributed by atoms with Crippen LogP contribution in [0.4, 0.5) is 4.79 Å². The van der Waals surface area contributed by atoms with Crippen molar-refractivity contribution >= 4 is 68.5 Å². The molecule has 0 N–H and O–H groups in total. The molecule has 1 aliphatic rings. The zero-order chi connectivity index (χ0) is 24.1. The van der Waals surface area contributed by atoms with Crippen molar-refractivity contribution in [2.24, 2.45) is 0 Å². The van der Waals surface area contributed by atoms with E-state index in [4.69, 9.17) is 25.8 Å². The molecule has 2 amide bonds. The summed E-state index contributed by atoms with van der Waals surface area (Å²) in [4.78, 5) is 49.9. The maximum Gasteiger partial charge on any atom is 0.345 e. The number of hydrogen-bond acceptors (Lipinski definition) is 8. The quantitative estimate of drug-likeness (QED) is 0.270. The molecule has 0 spiro atoms. The topological polar surface area (TPSA) is 99.2 Å². The van der Waals surface area contributed by atoms with Gasteiger partial charge in [0.15, 0.2) is 11.5 Å². The van der Waals surface area contributed by atoms with Crippen LogP contribution >= 0.6 is 39.3 Å². The van der Waals surface area contributed by atoms with Crippen molar-refractivity contribution in [1.82, 2.24) is 4.90 Å². The summed E-state index contributed by atoms with van der Waals surface area (Å²) in [5.41, 5.74) is 0.686. The van der Waals surface area contributed by atoms with E-state index in [2.05, 4.69) is 15.9 Å². The Hall–Kier alpha value is -2.82. The summed E-state index contributed by atoms with van der Waals surface area (Å²) in [5, 5.41) is -0.330. The maximum atomic E-state index is 12.6. The number of rotatable bonds is 7. The Morgan fingerprint density at radius 1 is 1.21 bits per heavy atom. The normalized spacial score (nSPS) is 14.5. The molecule has 1 saturated heterocycles. The fourth-order valence-corrected chi connectivity index (χ4v) is 4.41. The highest BCUT2D eigenvalue weighted by molar-refractivity contribution is 9.10. The number of thioether (sulfide) groups is 1. The largest absolute Gasteiger partial charge is 0.493 e. The van der Waals surface area contributed by atoms with Crippen LogP contribution in [0.5, 0.6) is 11.5 Å². The molecule has 0 aliphatic carbocycles. The van der Waals surface area contributed by atoms with Crippen LogP contribution in [-0.4, -0.2) is 48.2 Å². The number of carbonyl (C=O) groups excluding carboxylic acids is 4. The van der Waals surface area contributed by atoms with Crippen LogP contribution in [0.1, 0.15) is 22.8 Å². The molecule has 0 bridgehead atoms. The lowest BCUT2D eigenvalue weighted by Crippen LogP contribution is -2.34. The third-order valence-corrected chi connectivity index (χ3v) is 6.13. The number of imide groups is 1.